The van der Waals surface area contributed by atoms with E-state index in [1.54, 1.807) is 19.1 Å². The molecule has 2 amide bonds. The van der Waals surface area contributed by atoms with E-state index < -0.39 is 0 Å². The van der Waals surface area contributed by atoms with Crippen molar-refractivity contribution in [2.24, 2.45) is 0 Å². The topological polar surface area (TPSA) is 94.0 Å². The molecule has 6 nitrogen and oxygen atoms in total. The number of hydrogen-bond donors (Lipinski definition) is 3. The largest absolute Gasteiger partial charge is 0.368 e. The van der Waals surface area contributed by atoms with Crippen molar-refractivity contribution in [3.8, 4) is 6.07 Å². The molecule has 3 N–H and O–H groups in total. The highest BCUT2D eigenvalue weighted by Crippen LogP contribution is 2.46. The van der Waals surface area contributed by atoms with E-state index in [2.05, 4.69) is 44.0 Å². The molecule has 0 aliphatic heterocycles. The van der Waals surface area contributed by atoms with Crippen molar-refractivity contribution in [1.82, 2.24) is 16.0 Å². The van der Waals surface area contributed by atoms with E-state index in [4.69, 9.17) is 5.26 Å². The highest BCUT2D eigenvalue weighted by atomic mass is 79.9. The van der Waals surface area contributed by atoms with Gasteiger partial charge in [0.15, 0.2) is 0 Å². The quantitative estimate of drug-likeness (QED) is 0.395. The molecule has 0 aromatic heterocycles. The Morgan fingerprint density at radius 3 is 2.58 bits per heavy atom. The van der Waals surface area contributed by atoms with E-state index in [1.165, 1.54) is 0 Å². The molecule has 1 aliphatic carbocycles. The number of rotatable bonds is 8. The van der Waals surface area contributed by atoms with Crippen molar-refractivity contribution in [3.63, 3.8) is 0 Å². The van der Waals surface area contributed by atoms with E-state index in [1.807, 2.05) is 37.3 Å². The van der Waals surface area contributed by atoms with Crippen LogP contribution in [-0.4, -0.2) is 18.4 Å². The summed E-state index contributed by atoms with van der Waals surface area (Å²) in [5, 5.41) is 17.5. The fraction of sp³-hybridized carbons (Fsp3) is 0.292. The minimum Gasteiger partial charge on any atom is -0.368 e. The van der Waals surface area contributed by atoms with Crippen molar-refractivity contribution in [2.45, 2.75) is 38.8 Å². The Bertz CT molecular complexity index is 1070. The van der Waals surface area contributed by atoms with Crippen LogP contribution in [0.15, 0.2) is 58.7 Å². The van der Waals surface area contributed by atoms with Gasteiger partial charge in [-0.2, -0.15) is 5.26 Å². The fourth-order valence-corrected chi connectivity index (χ4v) is 3.78. The first-order valence-electron chi connectivity index (χ1n) is 10.1. The summed E-state index contributed by atoms with van der Waals surface area (Å²) in [4.78, 5) is 25.5. The number of hydrogen-bond acceptors (Lipinski definition) is 4. The van der Waals surface area contributed by atoms with Gasteiger partial charge in [-0.3, -0.25) is 9.59 Å². The van der Waals surface area contributed by atoms with E-state index in [-0.39, 0.29) is 30.4 Å². The van der Waals surface area contributed by atoms with Gasteiger partial charge in [-0.05, 0) is 55.5 Å². The van der Waals surface area contributed by atoms with Crippen LogP contribution in [0.4, 0.5) is 0 Å². The highest BCUT2D eigenvalue weighted by molar-refractivity contribution is 9.10. The summed E-state index contributed by atoms with van der Waals surface area (Å²) in [5.41, 5.74) is 3.48. The summed E-state index contributed by atoms with van der Waals surface area (Å²) in [5.74, 6) is -0.482. The van der Waals surface area contributed by atoms with E-state index in [9.17, 15) is 9.59 Å². The maximum atomic E-state index is 13.1. The number of benzene rings is 2. The number of nitrogens with zero attached hydrogens (tertiary/aromatic N) is 1. The van der Waals surface area contributed by atoms with Gasteiger partial charge in [0.2, 0.25) is 0 Å². The fourth-order valence-electron chi connectivity index (χ4n) is 3.40. The predicted octanol–water partition coefficient (Wildman–Crippen LogP) is 3.81. The first-order valence-corrected chi connectivity index (χ1v) is 10.9. The highest BCUT2D eigenvalue weighted by Gasteiger charge is 2.46. The molecule has 1 aliphatic rings. The number of allylic oxidation sites excluding steroid dienone is 1. The molecule has 3 rings (SSSR count). The molecule has 7 heteroatoms. The summed E-state index contributed by atoms with van der Waals surface area (Å²) >= 11 is 3.58. The molecular formula is C24H25BrN4O2. The minimum atomic E-state index is -0.344. The summed E-state index contributed by atoms with van der Waals surface area (Å²) in [6.45, 7) is 4.01. The Morgan fingerprint density at radius 2 is 1.94 bits per heavy atom. The Hall–Kier alpha value is -3.11. The van der Waals surface area contributed by atoms with Gasteiger partial charge in [-0.1, -0.05) is 52.3 Å². The van der Waals surface area contributed by atoms with Crippen molar-refractivity contribution in [3.05, 3.63) is 81.0 Å². The normalized spacial score (nSPS) is 14.3. The summed E-state index contributed by atoms with van der Waals surface area (Å²) in [6, 6.07) is 15.4. The van der Waals surface area contributed by atoms with E-state index in [0.29, 0.717) is 11.3 Å². The lowest BCUT2D eigenvalue weighted by atomic mass is 10.0. The number of nitriles is 1. The number of aryl methyl sites for hydroxylation is 1. The van der Waals surface area contributed by atoms with Gasteiger partial charge in [0.05, 0.1) is 17.3 Å². The van der Waals surface area contributed by atoms with Crippen molar-refractivity contribution < 1.29 is 9.59 Å². The Balaban J connectivity index is 1.71. The third kappa shape index (κ3) is 5.33. The number of carbonyl (C=O) groups excluding carboxylic acids is 2. The number of nitrogens with one attached hydrogen (secondary N) is 3. The molecule has 2 aromatic carbocycles. The lowest BCUT2D eigenvalue weighted by Gasteiger charge is -2.20. The van der Waals surface area contributed by atoms with Crippen LogP contribution in [0.25, 0.3) is 0 Å². The molecule has 31 heavy (non-hydrogen) atoms. The Labute approximate surface area is 190 Å². The second kappa shape index (κ2) is 9.80. The molecule has 1 saturated carbocycles. The summed E-state index contributed by atoms with van der Waals surface area (Å²) < 4.78 is 1.03. The maximum absolute atomic E-state index is 13.1. The second-order valence-electron chi connectivity index (χ2n) is 7.55. The lowest BCUT2D eigenvalue weighted by Crippen LogP contribution is -2.36. The van der Waals surface area contributed by atoms with Gasteiger partial charge in [0, 0.05) is 16.6 Å². The zero-order chi connectivity index (χ0) is 22.4. The number of halogens is 1. The van der Waals surface area contributed by atoms with Gasteiger partial charge in [0.25, 0.3) is 11.8 Å². The summed E-state index contributed by atoms with van der Waals surface area (Å²) in [6.07, 6.45) is 3.40. The van der Waals surface area contributed by atoms with Crippen molar-refractivity contribution in [2.75, 3.05) is 6.54 Å². The lowest BCUT2D eigenvalue weighted by molar-refractivity contribution is -0.118. The molecule has 0 saturated heterocycles. The van der Waals surface area contributed by atoms with Crippen molar-refractivity contribution >= 4 is 27.7 Å². The predicted molar refractivity (Wildman–Crippen MR) is 123 cm³/mol. The number of amides is 2. The minimum absolute atomic E-state index is 0.0449. The molecular weight excluding hydrogens is 456 g/mol. The first kappa shape index (κ1) is 22.6. The van der Waals surface area contributed by atoms with Crippen LogP contribution >= 0.6 is 15.9 Å². The molecule has 0 unspecified atom stereocenters. The van der Waals surface area contributed by atoms with Crippen LogP contribution in [-0.2, 0) is 16.9 Å². The average Bonchev–Trinajstić information content (AvgIpc) is 3.55. The monoisotopic (exact) mass is 480 g/mol. The van der Waals surface area contributed by atoms with Crippen LogP contribution in [0.1, 0.15) is 46.8 Å². The van der Waals surface area contributed by atoms with Gasteiger partial charge in [-0.15, -0.1) is 0 Å². The third-order valence-electron chi connectivity index (χ3n) is 5.42. The van der Waals surface area contributed by atoms with Crippen LogP contribution < -0.4 is 16.0 Å². The molecule has 0 bridgehead atoms. The zero-order valence-electron chi connectivity index (χ0n) is 17.6. The maximum Gasteiger partial charge on any atom is 0.267 e. The second-order valence-corrected chi connectivity index (χ2v) is 8.41. The molecule has 1 fully saturated rings. The van der Waals surface area contributed by atoms with Gasteiger partial charge >= 0.3 is 0 Å². The SMILES string of the molecule is C/C=C(\NCC#N)C(=O)NCc1ccccc1C(=O)NC1(c2ccc(C)c(Br)c2)CC1. The Kier molecular flexibility index (Phi) is 7.13. The molecule has 0 heterocycles. The van der Waals surface area contributed by atoms with Crippen LogP contribution in [0, 0.1) is 18.3 Å². The van der Waals surface area contributed by atoms with Gasteiger partial charge < -0.3 is 16.0 Å². The van der Waals surface area contributed by atoms with Crippen LogP contribution in [0.5, 0.6) is 0 Å². The summed E-state index contributed by atoms with van der Waals surface area (Å²) in [7, 11) is 0. The number of carbonyl (C=O) groups is 2. The molecule has 0 radical (unpaired) electrons. The standard InChI is InChI=1S/C24H25BrN4O2/c1-3-21(27-13-12-26)23(31)28-15-17-6-4-5-7-19(17)22(30)29-24(10-11-24)18-9-8-16(2)20(25)14-18/h3-9,14,27H,10-11,13,15H2,1-2H3,(H,28,31)(H,29,30)/b21-3-. The molecule has 160 valence electrons. The van der Waals surface area contributed by atoms with E-state index in [0.717, 1.165) is 34.0 Å². The van der Waals surface area contributed by atoms with Crippen molar-refractivity contribution in [1.29, 1.82) is 5.26 Å². The molecule has 2 aromatic rings. The third-order valence-corrected chi connectivity index (χ3v) is 6.27. The van der Waals surface area contributed by atoms with E-state index >= 15 is 0 Å². The Morgan fingerprint density at radius 1 is 1.19 bits per heavy atom. The smallest absolute Gasteiger partial charge is 0.267 e. The van der Waals surface area contributed by atoms with Gasteiger partial charge in [0.1, 0.15) is 6.54 Å². The van der Waals surface area contributed by atoms with Gasteiger partial charge in [-0.25, -0.2) is 0 Å². The zero-order valence-corrected chi connectivity index (χ0v) is 19.2. The average molecular weight is 481 g/mol. The molecule has 0 atom stereocenters. The van der Waals surface area contributed by atoms with Crippen LogP contribution in [0.3, 0.4) is 0 Å². The van der Waals surface area contributed by atoms with Crippen LogP contribution in [0.2, 0.25) is 0 Å². The molecule has 0 spiro atoms. The first-order chi connectivity index (χ1) is 14.9.